The number of aryl methyl sites for hydroxylation is 3. The highest BCUT2D eigenvalue weighted by Gasteiger charge is 2.34. The summed E-state index contributed by atoms with van der Waals surface area (Å²) in [6.45, 7) is 5.53. The smallest absolute Gasteiger partial charge is 0.286 e. The zero-order valence-corrected chi connectivity index (χ0v) is 29.8. The highest BCUT2D eigenvalue weighted by atomic mass is 35.5. The van der Waals surface area contributed by atoms with E-state index in [1.165, 1.54) is 24.3 Å². The third-order valence-electron chi connectivity index (χ3n) is 8.58. The summed E-state index contributed by atoms with van der Waals surface area (Å²) in [7, 11) is 0. The molecule has 270 valence electrons. The number of nitrogens with zero attached hydrogens (tertiary/aromatic N) is 9. The standard InChI is InChI=1S/C14H10F3N3.C13H10ClN3.C13H10FN3/c1-9-18-19-13-8-4-7-12(20(9)13)10-5-2-3-6-11(10)14(15,16)17;1-9-15-16-13-7-4-11(8-17(9)13)10-2-5-12(14)6-3-10;1-9-15-16-13-6-5-11(8-17(9)13)10-3-2-4-12(14)7-10/h2-8H,1H3;2*2-8H,1H3. The molecule has 0 saturated heterocycles. The first kappa shape index (κ1) is 35.9. The second-order valence-corrected chi connectivity index (χ2v) is 12.6. The molecule has 0 fully saturated rings. The number of hydrogen-bond acceptors (Lipinski definition) is 6. The van der Waals surface area contributed by atoms with E-state index in [-0.39, 0.29) is 11.4 Å². The molecule has 14 heteroatoms. The van der Waals surface area contributed by atoms with Gasteiger partial charge in [-0.05, 0) is 110 Å². The number of aromatic nitrogens is 9. The molecule has 0 bridgehead atoms. The van der Waals surface area contributed by atoms with Crippen LogP contribution in [0.3, 0.4) is 0 Å². The van der Waals surface area contributed by atoms with E-state index in [2.05, 4.69) is 30.6 Å². The van der Waals surface area contributed by atoms with Gasteiger partial charge in [0.2, 0.25) is 0 Å². The Morgan fingerprint density at radius 2 is 1.07 bits per heavy atom. The molecule has 0 amide bonds. The molecule has 0 aliphatic rings. The minimum Gasteiger partial charge on any atom is -0.286 e. The van der Waals surface area contributed by atoms with Gasteiger partial charge in [0.1, 0.15) is 23.3 Å². The summed E-state index contributed by atoms with van der Waals surface area (Å²) < 4.78 is 58.0. The molecule has 3 aromatic carbocycles. The first-order valence-electron chi connectivity index (χ1n) is 16.6. The van der Waals surface area contributed by atoms with Crippen LogP contribution in [0.1, 0.15) is 23.0 Å². The Labute approximate surface area is 311 Å². The predicted octanol–water partition coefficient (Wildman–Crippen LogP) is 9.93. The van der Waals surface area contributed by atoms with E-state index in [0.29, 0.717) is 17.2 Å². The largest absolute Gasteiger partial charge is 0.417 e. The number of alkyl halides is 3. The normalized spacial score (nSPS) is 11.3. The third-order valence-corrected chi connectivity index (χ3v) is 8.83. The van der Waals surface area contributed by atoms with Gasteiger partial charge in [-0.3, -0.25) is 13.2 Å². The van der Waals surface area contributed by atoms with Crippen molar-refractivity contribution < 1.29 is 17.6 Å². The molecule has 0 aliphatic carbocycles. The summed E-state index contributed by atoms with van der Waals surface area (Å²) >= 11 is 5.88. The first-order chi connectivity index (χ1) is 26.0. The van der Waals surface area contributed by atoms with Gasteiger partial charge in [0, 0.05) is 23.0 Å². The monoisotopic (exact) mass is 747 g/mol. The Balaban J connectivity index is 0.000000126. The van der Waals surface area contributed by atoms with Crippen molar-refractivity contribution in [2.45, 2.75) is 26.9 Å². The number of benzene rings is 3. The quantitative estimate of drug-likeness (QED) is 0.167. The van der Waals surface area contributed by atoms with Crippen LogP contribution in [0.25, 0.3) is 50.5 Å². The first-order valence-corrected chi connectivity index (χ1v) is 17.0. The van der Waals surface area contributed by atoms with E-state index in [9.17, 15) is 17.6 Å². The van der Waals surface area contributed by atoms with Crippen molar-refractivity contribution in [1.29, 1.82) is 0 Å². The Kier molecular flexibility index (Phi) is 9.89. The molecule has 9 rings (SSSR count). The lowest BCUT2D eigenvalue weighted by atomic mass is 10.0. The van der Waals surface area contributed by atoms with Gasteiger partial charge in [0.15, 0.2) is 16.9 Å². The maximum Gasteiger partial charge on any atom is 0.417 e. The molecule has 54 heavy (non-hydrogen) atoms. The van der Waals surface area contributed by atoms with Gasteiger partial charge in [0.25, 0.3) is 0 Å². The summed E-state index contributed by atoms with van der Waals surface area (Å²) in [6, 6.07) is 32.6. The van der Waals surface area contributed by atoms with E-state index in [1.807, 2.05) is 89.6 Å². The van der Waals surface area contributed by atoms with Crippen LogP contribution < -0.4 is 0 Å². The highest BCUT2D eigenvalue weighted by molar-refractivity contribution is 6.30. The molecule has 6 aromatic heterocycles. The Morgan fingerprint density at radius 3 is 1.70 bits per heavy atom. The minimum absolute atomic E-state index is 0.119. The Morgan fingerprint density at radius 1 is 0.519 bits per heavy atom. The van der Waals surface area contributed by atoms with Crippen molar-refractivity contribution in [2.75, 3.05) is 0 Å². The number of fused-ring (bicyclic) bond motifs is 3. The van der Waals surface area contributed by atoms with E-state index < -0.39 is 11.7 Å². The van der Waals surface area contributed by atoms with Crippen LogP contribution in [0.5, 0.6) is 0 Å². The SMILES string of the molecule is Cc1nnc2ccc(-c3ccc(Cl)cc3)cn12.Cc1nnc2ccc(-c3cccc(F)c3)cn12.Cc1nnc2cccc(-c3ccccc3C(F)(F)F)n12. The van der Waals surface area contributed by atoms with Crippen molar-refractivity contribution in [3.8, 4) is 33.5 Å². The van der Waals surface area contributed by atoms with E-state index in [1.54, 1.807) is 41.7 Å². The average molecular weight is 748 g/mol. The molecule has 0 atom stereocenters. The van der Waals surface area contributed by atoms with Gasteiger partial charge in [-0.25, -0.2) is 4.39 Å². The second kappa shape index (κ2) is 14.9. The Bertz CT molecular complexity index is 2730. The van der Waals surface area contributed by atoms with Crippen molar-refractivity contribution in [2.24, 2.45) is 0 Å². The fourth-order valence-corrected chi connectivity index (χ4v) is 6.04. The second-order valence-electron chi connectivity index (χ2n) is 12.2. The summed E-state index contributed by atoms with van der Waals surface area (Å²) in [5, 5.41) is 24.7. The molecule has 0 radical (unpaired) electrons. The number of rotatable bonds is 3. The van der Waals surface area contributed by atoms with Crippen LogP contribution in [-0.2, 0) is 6.18 Å². The van der Waals surface area contributed by atoms with E-state index in [0.717, 1.165) is 56.3 Å². The van der Waals surface area contributed by atoms with Crippen LogP contribution in [0.15, 0.2) is 128 Å². The van der Waals surface area contributed by atoms with Crippen LogP contribution in [0, 0.1) is 26.6 Å². The average Bonchev–Trinajstić information content (AvgIpc) is 3.87. The highest BCUT2D eigenvalue weighted by Crippen LogP contribution is 2.37. The van der Waals surface area contributed by atoms with Gasteiger partial charge >= 0.3 is 6.18 Å². The maximum atomic E-state index is 13.2. The van der Waals surface area contributed by atoms with Crippen LogP contribution in [-0.4, -0.2) is 43.8 Å². The van der Waals surface area contributed by atoms with Crippen molar-refractivity contribution >= 4 is 28.5 Å². The predicted molar refractivity (Wildman–Crippen MR) is 199 cm³/mol. The van der Waals surface area contributed by atoms with E-state index in [4.69, 9.17) is 11.6 Å². The fraction of sp³-hybridized carbons (Fsp3) is 0.100. The fourth-order valence-electron chi connectivity index (χ4n) is 5.91. The van der Waals surface area contributed by atoms with Crippen LogP contribution >= 0.6 is 11.6 Å². The van der Waals surface area contributed by atoms with E-state index >= 15 is 0 Å². The topological polar surface area (TPSA) is 90.6 Å². The molecule has 0 aliphatic heterocycles. The molecule has 6 heterocycles. The number of halogens is 5. The van der Waals surface area contributed by atoms with Crippen molar-refractivity contribution in [1.82, 2.24) is 43.8 Å². The lowest BCUT2D eigenvalue weighted by molar-refractivity contribution is -0.137. The molecule has 0 N–H and O–H groups in total. The van der Waals surface area contributed by atoms with Crippen LogP contribution in [0.4, 0.5) is 17.6 Å². The third kappa shape index (κ3) is 7.53. The lowest BCUT2D eigenvalue weighted by Crippen LogP contribution is -2.08. The molecule has 0 saturated carbocycles. The van der Waals surface area contributed by atoms with Gasteiger partial charge in [-0.1, -0.05) is 60.1 Å². The molecular formula is C40H30ClF4N9. The molecule has 0 spiro atoms. The summed E-state index contributed by atoms with van der Waals surface area (Å²) in [4.78, 5) is 0. The summed E-state index contributed by atoms with van der Waals surface area (Å²) in [5.41, 5.74) is 6.10. The van der Waals surface area contributed by atoms with Gasteiger partial charge < -0.3 is 0 Å². The molecule has 9 aromatic rings. The van der Waals surface area contributed by atoms with Gasteiger partial charge in [-0.15, -0.1) is 30.6 Å². The Hall–Kier alpha value is -6.47. The number of hydrogen-bond donors (Lipinski definition) is 0. The molecule has 0 unspecified atom stereocenters. The van der Waals surface area contributed by atoms with Gasteiger partial charge in [0.05, 0.1) is 11.3 Å². The molecular weight excluding hydrogens is 718 g/mol. The zero-order valence-electron chi connectivity index (χ0n) is 29.0. The molecule has 9 nitrogen and oxygen atoms in total. The summed E-state index contributed by atoms with van der Waals surface area (Å²) in [5.74, 6) is 2.02. The summed E-state index contributed by atoms with van der Waals surface area (Å²) in [6.07, 6.45) is -0.450. The maximum absolute atomic E-state index is 13.2. The van der Waals surface area contributed by atoms with Gasteiger partial charge in [-0.2, -0.15) is 13.2 Å². The van der Waals surface area contributed by atoms with Crippen LogP contribution in [0.2, 0.25) is 5.02 Å². The van der Waals surface area contributed by atoms with Crippen molar-refractivity contribution in [3.05, 3.63) is 162 Å². The van der Waals surface area contributed by atoms with Crippen molar-refractivity contribution in [3.63, 3.8) is 0 Å². The minimum atomic E-state index is -4.40. The lowest BCUT2D eigenvalue weighted by Gasteiger charge is -2.14. The number of pyridine rings is 3. The zero-order chi connectivity index (χ0) is 38.0.